The minimum absolute atomic E-state index is 0.435. The van der Waals surface area contributed by atoms with Crippen molar-refractivity contribution >= 4 is 39.2 Å². The molecular weight excluding hydrogens is 488 g/mol. The van der Waals surface area contributed by atoms with E-state index in [0.29, 0.717) is 23.8 Å². The van der Waals surface area contributed by atoms with Crippen LogP contribution < -0.4 is 10.1 Å². The largest absolute Gasteiger partial charge is 0.494 e. The van der Waals surface area contributed by atoms with Crippen LogP contribution >= 0.6 is 11.3 Å². The van der Waals surface area contributed by atoms with Crippen molar-refractivity contribution in [1.29, 1.82) is 0 Å². The Bertz CT molecular complexity index is 1450. The summed E-state index contributed by atoms with van der Waals surface area (Å²) in [5, 5.41) is 5.81. The van der Waals surface area contributed by atoms with Gasteiger partial charge in [0.05, 0.1) is 23.4 Å². The fourth-order valence-electron chi connectivity index (χ4n) is 4.39. The summed E-state index contributed by atoms with van der Waals surface area (Å²) in [6, 6.07) is 15.2. The average molecular weight is 517 g/mol. The number of benzene rings is 2. The molecule has 8 nitrogen and oxygen atoms in total. The van der Waals surface area contributed by atoms with Crippen molar-refractivity contribution in [3.05, 3.63) is 70.7 Å². The first kappa shape index (κ1) is 24.9. The second-order valence-electron chi connectivity index (χ2n) is 8.95. The van der Waals surface area contributed by atoms with Crippen LogP contribution in [0.3, 0.4) is 0 Å². The molecule has 0 spiro atoms. The van der Waals surface area contributed by atoms with E-state index in [2.05, 4.69) is 15.2 Å². The zero-order valence-corrected chi connectivity index (χ0v) is 21.8. The third-order valence-corrected chi connectivity index (χ3v) is 7.05. The first-order valence-electron chi connectivity index (χ1n) is 12.2. The van der Waals surface area contributed by atoms with E-state index in [4.69, 9.17) is 14.5 Å². The quantitative estimate of drug-likeness (QED) is 0.348. The van der Waals surface area contributed by atoms with E-state index < -0.39 is 18.0 Å². The molecule has 1 N–H and O–H groups in total. The molecule has 2 aromatic heterocycles. The van der Waals surface area contributed by atoms with Gasteiger partial charge in [-0.25, -0.2) is 9.78 Å². The molecule has 9 heteroatoms. The predicted octanol–water partition coefficient (Wildman–Crippen LogP) is 4.93. The first-order valence-corrected chi connectivity index (χ1v) is 13.1. The molecule has 0 bridgehead atoms. The van der Waals surface area contributed by atoms with Crippen LogP contribution in [0.25, 0.3) is 22.2 Å². The minimum Gasteiger partial charge on any atom is -0.494 e. The Labute approximate surface area is 219 Å². The van der Waals surface area contributed by atoms with Crippen molar-refractivity contribution in [1.82, 2.24) is 14.9 Å². The second kappa shape index (κ2) is 10.7. The summed E-state index contributed by atoms with van der Waals surface area (Å²) in [7, 11) is 2.01. The molecular formula is C28H28N4O4S. The Morgan fingerprint density at radius 2 is 1.92 bits per heavy atom. The van der Waals surface area contributed by atoms with E-state index in [-0.39, 0.29) is 0 Å². The van der Waals surface area contributed by atoms with Crippen molar-refractivity contribution in [3.63, 3.8) is 0 Å². The molecule has 190 valence electrons. The molecule has 1 atom stereocenters. The lowest BCUT2D eigenvalue weighted by atomic mass is 9.96. The van der Waals surface area contributed by atoms with Crippen LogP contribution in [-0.4, -0.2) is 53.0 Å². The number of thiazole rings is 1. The number of carbonyl (C=O) groups excluding carboxylic acids is 2. The number of rotatable bonds is 7. The summed E-state index contributed by atoms with van der Waals surface area (Å²) in [6.45, 7) is 5.58. The number of ether oxygens (including phenoxy) is 2. The number of hydrogen-bond donors (Lipinski definition) is 1. The van der Waals surface area contributed by atoms with E-state index in [1.165, 1.54) is 11.3 Å². The Kier molecular flexibility index (Phi) is 7.16. The molecule has 0 saturated heterocycles. The van der Waals surface area contributed by atoms with Crippen LogP contribution in [0.15, 0.2) is 53.9 Å². The highest BCUT2D eigenvalue weighted by Crippen LogP contribution is 2.29. The lowest BCUT2D eigenvalue weighted by Crippen LogP contribution is -2.32. The molecule has 0 aliphatic carbocycles. The maximum absolute atomic E-state index is 13.4. The highest BCUT2D eigenvalue weighted by Gasteiger charge is 2.28. The van der Waals surface area contributed by atoms with Crippen molar-refractivity contribution in [3.8, 4) is 17.0 Å². The second-order valence-corrected chi connectivity index (χ2v) is 9.81. The van der Waals surface area contributed by atoms with E-state index in [1.54, 1.807) is 6.92 Å². The van der Waals surface area contributed by atoms with E-state index >= 15 is 0 Å². The normalized spacial score (nSPS) is 14.1. The van der Waals surface area contributed by atoms with Gasteiger partial charge in [-0.3, -0.25) is 15.1 Å². The molecule has 0 fully saturated rings. The number of aromatic nitrogens is 2. The number of nitrogens with one attached hydrogen (secondary N) is 1. The summed E-state index contributed by atoms with van der Waals surface area (Å²) < 4.78 is 11.2. The Morgan fingerprint density at radius 1 is 1.14 bits per heavy atom. The van der Waals surface area contributed by atoms with Crippen molar-refractivity contribution < 1.29 is 19.1 Å². The third-order valence-electron chi connectivity index (χ3n) is 6.29. The fraction of sp³-hybridized carbons (Fsp3) is 0.286. The van der Waals surface area contributed by atoms with Gasteiger partial charge >= 0.3 is 5.97 Å². The molecule has 0 radical (unpaired) electrons. The molecule has 1 unspecified atom stereocenters. The molecule has 3 heterocycles. The van der Waals surface area contributed by atoms with Gasteiger partial charge < -0.3 is 14.4 Å². The van der Waals surface area contributed by atoms with Crippen LogP contribution in [0.2, 0.25) is 0 Å². The molecule has 4 aromatic rings. The minimum atomic E-state index is -1.01. The molecule has 37 heavy (non-hydrogen) atoms. The van der Waals surface area contributed by atoms with Gasteiger partial charge in [-0.2, -0.15) is 0 Å². The van der Waals surface area contributed by atoms with Crippen LogP contribution in [0, 0.1) is 0 Å². The van der Waals surface area contributed by atoms with Gasteiger partial charge in [0, 0.05) is 47.1 Å². The number of carbonyl (C=O) groups is 2. The van der Waals surface area contributed by atoms with Gasteiger partial charge in [0.1, 0.15) is 5.75 Å². The number of likely N-dealkylation sites (N-methyl/N-ethyl adjacent to an activating group) is 1. The summed E-state index contributed by atoms with van der Waals surface area (Å²) in [4.78, 5) is 37.7. The highest BCUT2D eigenvalue weighted by atomic mass is 32.1. The number of amides is 1. The van der Waals surface area contributed by atoms with Gasteiger partial charge in [0.25, 0.3) is 5.91 Å². The maximum atomic E-state index is 13.4. The summed E-state index contributed by atoms with van der Waals surface area (Å²) >= 11 is 1.31. The smallest absolute Gasteiger partial charge is 0.339 e. The van der Waals surface area contributed by atoms with Crippen LogP contribution in [0.4, 0.5) is 5.13 Å². The number of nitrogens with zero attached hydrogens (tertiary/aromatic N) is 3. The van der Waals surface area contributed by atoms with Crippen LogP contribution in [0.5, 0.6) is 5.75 Å². The average Bonchev–Trinajstić information content (AvgIpc) is 3.36. The number of esters is 1. The third kappa shape index (κ3) is 5.33. The topological polar surface area (TPSA) is 93.6 Å². The maximum Gasteiger partial charge on any atom is 0.339 e. The first-order chi connectivity index (χ1) is 17.9. The van der Waals surface area contributed by atoms with Gasteiger partial charge in [-0.05, 0) is 51.2 Å². The zero-order valence-electron chi connectivity index (χ0n) is 21.0. The number of anilines is 1. The summed E-state index contributed by atoms with van der Waals surface area (Å²) in [6.07, 6.45) is -0.248. The zero-order chi connectivity index (χ0) is 25.9. The van der Waals surface area contributed by atoms with Gasteiger partial charge in [0.2, 0.25) is 0 Å². The number of hydrogen-bond acceptors (Lipinski definition) is 8. The van der Waals surface area contributed by atoms with Gasteiger partial charge in [-0.15, -0.1) is 11.3 Å². The number of pyridine rings is 1. The van der Waals surface area contributed by atoms with Crippen LogP contribution in [-0.2, 0) is 22.5 Å². The molecule has 1 aliphatic heterocycles. The predicted molar refractivity (Wildman–Crippen MR) is 144 cm³/mol. The Hall–Kier alpha value is -3.82. The molecule has 2 aromatic carbocycles. The number of fused-ring (bicyclic) bond motifs is 2. The van der Waals surface area contributed by atoms with E-state index in [0.717, 1.165) is 52.1 Å². The molecule has 1 aliphatic rings. The van der Waals surface area contributed by atoms with E-state index in [1.807, 2.05) is 67.9 Å². The Balaban J connectivity index is 1.30. The standard InChI is InChI=1S/C28H28N4O4S/c1-4-35-19-11-9-18(10-12-19)24-16-37-28(30-24)31-26(33)17(2)36-27(34)25-20-7-5-6-8-22(20)29-23-13-14-32(3)15-21(23)25/h5-12,16-17H,4,13-15H2,1-3H3,(H,30,31,33). The Morgan fingerprint density at radius 3 is 2.70 bits per heavy atom. The van der Waals surface area contributed by atoms with Crippen molar-refractivity contribution in [2.24, 2.45) is 0 Å². The monoisotopic (exact) mass is 516 g/mol. The molecule has 1 amide bonds. The van der Waals surface area contributed by atoms with Crippen molar-refractivity contribution in [2.75, 3.05) is 25.5 Å². The molecule has 0 saturated carbocycles. The summed E-state index contributed by atoms with van der Waals surface area (Å²) in [5.41, 5.74) is 4.67. The highest BCUT2D eigenvalue weighted by molar-refractivity contribution is 7.14. The lowest BCUT2D eigenvalue weighted by Gasteiger charge is -2.27. The van der Waals surface area contributed by atoms with Crippen LogP contribution in [0.1, 0.15) is 35.5 Å². The summed E-state index contributed by atoms with van der Waals surface area (Å²) in [5.74, 6) is -0.173. The van der Waals surface area contributed by atoms with Crippen molar-refractivity contribution in [2.45, 2.75) is 32.9 Å². The molecule has 5 rings (SSSR count). The SMILES string of the molecule is CCOc1ccc(-c2csc(NC(=O)C(C)OC(=O)c3c4c(nc5ccccc35)CCN(C)C4)n2)cc1. The van der Waals surface area contributed by atoms with Gasteiger partial charge in [0.15, 0.2) is 11.2 Å². The number of para-hydroxylation sites is 1. The fourth-order valence-corrected chi connectivity index (χ4v) is 5.11. The van der Waals surface area contributed by atoms with E-state index in [9.17, 15) is 9.59 Å². The van der Waals surface area contributed by atoms with Gasteiger partial charge in [-0.1, -0.05) is 18.2 Å². The lowest BCUT2D eigenvalue weighted by molar-refractivity contribution is -0.123.